The number of hydrogen-bond acceptors (Lipinski definition) is 13. The van der Waals surface area contributed by atoms with Crippen molar-refractivity contribution in [3.63, 3.8) is 0 Å². The van der Waals surface area contributed by atoms with Crippen LogP contribution in [0.4, 0.5) is 0 Å². The largest absolute Gasteiger partial charge is 0.480 e. The second-order valence-corrected chi connectivity index (χ2v) is 19.1. The lowest BCUT2D eigenvalue weighted by molar-refractivity contribution is -0.141. The standard InChI is InChI=1S/C54H68N10O10S2/c1-32(65)46(53(72)62-43(27-35-19-9-4-10-20-35)51(70)63-45(31-76)54(73)74)64-48(67)40(23-13-14-24-55)58-52(71)44(28-36-29-57-39-22-12-11-21-37(36)39)61-50(69)42(26-34-17-7-3-8-18-34)60-49(68)41(59-47(66)38(56)30-75)25-33-15-5-2-6-16-33/h2-12,15-22,29,32,38,40-46,57,65,75-76H,13-14,23-28,30-31,55-56H2,1H3,(H,58,71)(H,59,66)(H,60,68)(H,61,69)(H,62,72)(H,63,70)(H,64,67)(H,73,74)/t32?,38?,40?,41?,42?,43?,44-,45-,46?/m1/s1. The molecule has 7 amide bonds. The number of aromatic nitrogens is 1. The summed E-state index contributed by atoms with van der Waals surface area (Å²) in [5, 5.41) is 39.8. The van der Waals surface area contributed by atoms with Crippen LogP contribution in [0.15, 0.2) is 121 Å². The number of aliphatic hydroxyl groups is 1. The van der Waals surface area contributed by atoms with Gasteiger partial charge in [-0.05, 0) is 61.1 Å². The second kappa shape index (κ2) is 30.3. The van der Waals surface area contributed by atoms with Crippen molar-refractivity contribution in [2.45, 2.75) is 106 Å². The molecule has 0 saturated heterocycles. The van der Waals surface area contributed by atoms with Gasteiger partial charge in [0, 0.05) is 54.3 Å². The number of amides is 7. The van der Waals surface area contributed by atoms with E-state index in [9.17, 15) is 48.6 Å². The number of hydrogen-bond donors (Lipinski definition) is 14. The summed E-state index contributed by atoms with van der Waals surface area (Å²) in [7, 11) is 0. The minimum absolute atomic E-state index is 0.00124. The fraction of sp³-hybridized carbons (Fsp3) is 0.370. The molecule has 76 heavy (non-hydrogen) atoms. The van der Waals surface area contributed by atoms with E-state index in [2.05, 4.69) is 67.5 Å². The first-order valence-corrected chi connectivity index (χ1v) is 26.2. The number of benzene rings is 4. The number of nitrogens with one attached hydrogen (secondary N) is 8. The summed E-state index contributed by atoms with van der Waals surface area (Å²) < 4.78 is 0. The van der Waals surface area contributed by atoms with Crippen LogP contribution < -0.4 is 48.7 Å². The molecular weight excluding hydrogens is 1010 g/mol. The second-order valence-electron chi connectivity index (χ2n) is 18.3. The highest BCUT2D eigenvalue weighted by atomic mass is 32.1. The molecule has 20 nitrogen and oxygen atoms in total. The smallest absolute Gasteiger partial charge is 0.327 e. The minimum atomic E-state index is -1.69. The summed E-state index contributed by atoms with van der Waals surface area (Å²) in [6, 6.07) is 22.9. The van der Waals surface area contributed by atoms with Gasteiger partial charge < -0.3 is 63.9 Å². The first-order valence-electron chi connectivity index (χ1n) is 24.9. The van der Waals surface area contributed by atoms with Gasteiger partial charge in [0.05, 0.1) is 12.1 Å². The van der Waals surface area contributed by atoms with Crippen molar-refractivity contribution in [3.8, 4) is 0 Å². The number of unbranched alkanes of at least 4 members (excludes halogenated alkanes) is 1. The van der Waals surface area contributed by atoms with E-state index < -0.39 is 102 Å². The normalized spacial score (nSPS) is 14.7. The number of fused-ring (bicyclic) bond motifs is 1. The van der Waals surface area contributed by atoms with E-state index in [1.54, 1.807) is 97.2 Å². The maximum atomic E-state index is 14.8. The molecule has 0 fully saturated rings. The number of carboxylic acids is 1. The summed E-state index contributed by atoms with van der Waals surface area (Å²) in [6.45, 7) is 1.49. The van der Waals surface area contributed by atoms with Gasteiger partial charge in [-0.15, -0.1) is 0 Å². The highest BCUT2D eigenvalue weighted by Crippen LogP contribution is 2.20. The molecule has 4 aromatic carbocycles. The van der Waals surface area contributed by atoms with Crippen molar-refractivity contribution in [3.05, 3.63) is 144 Å². The molecule has 5 aromatic rings. The molecule has 9 atom stereocenters. The predicted octanol–water partition coefficient (Wildman–Crippen LogP) is 0.613. The third kappa shape index (κ3) is 18.3. The van der Waals surface area contributed by atoms with Gasteiger partial charge in [0.2, 0.25) is 41.4 Å². The maximum absolute atomic E-state index is 14.8. The maximum Gasteiger partial charge on any atom is 0.327 e. The van der Waals surface area contributed by atoms with E-state index in [-0.39, 0.29) is 50.2 Å². The SMILES string of the molecule is CC(O)C(NC(=O)C(CCCCN)NC(=O)[C@@H](Cc1c[nH]c2ccccc12)NC(=O)C(Cc1ccccc1)NC(=O)C(Cc1ccccc1)NC(=O)C(N)CS)C(=O)NC(Cc1ccccc1)C(=O)N[C@H](CS)C(=O)O. The minimum Gasteiger partial charge on any atom is -0.480 e. The number of rotatable bonds is 30. The van der Waals surface area contributed by atoms with Gasteiger partial charge in [0.1, 0.15) is 42.3 Å². The molecule has 406 valence electrons. The van der Waals surface area contributed by atoms with Crippen LogP contribution in [0.5, 0.6) is 0 Å². The lowest BCUT2D eigenvalue weighted by atomic mass is 10.00. The monoisotopic (exact) mass is 1080 g/mol. The Morgan fingerprint density at radius 3 is 1.37 bits per heavy atom. The van der Waals surface area contributed by atoms with Gasteiger partial charge in [-0.1, -0.05) is 109 Å². The average molecular weight is 1080 g/mol. The Morgan fingerprint density at radius 2 is 0.921 bits per heavy atom. The number of carbonyl (C=O) groups excluding carboxylic acids is 7. The molecule has 0 aliphatic rings. The molecule has 7 unspecified atom stereocenters. The molecule has 1 aromatic heterocycles. The Morgan fingerprint density at radius 1 is 0.513 bits per heavy atom. The zero-order valence-electron chi connectivity index (χ0n) is 42.0. The predicted molar refractivity (Wildman–Crippen MR) is 294 cm³/mol. The number of nitrogens with two attached hydrogens (primary N) is 2. The van der Waals surface area contributed by atoms with Crippen LogP contribution >= 0.6 is 25.3 Å². The Labute approximate surface area is 451 Å². The topological polar surface area (TPSA) is 329 Å². The number of H-pyrrole nitrogens is 1. The van der Waals surface area contributed by atoms with Crippen molar-refractivity contribution in [2.24, 2.45) is 11.5 Å². The highest BCUT2D eigenvalue weighted by molar-refractivity contribution is 7.80. The van der Waals surface area contributed by atoms with E-state index in [0.29, 0.717) is 35.1 Å². The number of aliphatic hydroxyl groups excluding tert-OH is 1. The fourth-order valence-corrected chi connectivity index (χ4v) is 8.64. The lowest BCUT2D eigenvalue weighted by Gasteiger charge is -2.29. The van der Waals surface area contributed by atoms with Gasteiger partial charge in [-0.25, -0.2) is 4.79 Å². The third-order valence-electron chi connectivity index (χ3n) is 12.5. The number of carbonyl (C=O) groups is 8. The third-order valence-corrected chi connectivity index (χ3v) is 13.2. The van der Waals surface area contributed by atoms with E-state index in [0.717, 1.165) is 10.9 Å². The molecule has 0 bridgehead atoms. The van der Waals surface area contributed by atoms with Crippen LogP contribution in [0.3, 0.4) is 0 Å². The zero-order valence-corrected chi connectivity index (χ0v) is 43.8. The number of carboxylic acid groups (broad SMARTS) is 1. The molecular formula is C54H68N10O10S2. The van der Waals surface area contributed by atoms with Crippen LogP contribution in [0.2, 0.25) is 0 Å². The molecule has 5 rings (SSSR count). The zero-order chi connectivity index (χ0) is 55.1. The Kier molecular flexibility index (Phi) is 23.8. The van der Waals surface area contributed by atoms with Crippen molar-refractivity contribution in [2.75, 3.05) is 18.1 Å². The number of thiol groups is 2. The molecule has 0 saturated carbocycles. The van der Waals surface area contributed by atoms with Crippen LogP contribution in [0.25, 0.3) is 10.9 Å². The molecule has 0 aliphatic heterocycles. The van der Waals surface area contributed by atoms with Gasteiger partial charge in [0.15, 0.2) is 0 Å². The average Bonchev–Trinajstić information content (AvgIpc) is 3.83. The van der Waals surface area contributed by atoms with Gasteiger partial charge >= 0.3 is 5.97 Å². The molecule has 1 heterocycles. The first kappa shape index (κ1) is 59.6. The Bertz CT molecular complexity index is 2720. The highest BCUT2D eigenvalue weighted by Gasteiger charge is 2.36. The van der Waals surface area contributed by atoms with E-state index >= 15 is 0 Å². The Hall–Kier alpha value is -7.24. The van der Waals surface area contributed by atoms with Crippen molar-refractivity contribution >= 4 is 83.5 Å². The number of aromatic amines is 1. The number of aliphatic carboxylic acids is 1. The van der Waals surface area contributed by atoms with E-state index in [1.807, 2.05) is 24.3 Å². The van der Waals surface area contributed by atoms with Crippen molar-refractivity contribution in [1.29, 1.82) is 0 Å². The van der Waals surface area contributed by atoms with E-state index in [4.69, 9.17) is 11.5 Å². The van der Waals surface area contributed by atoms with Crippen LogP contribution in [-0.2, 0) is 64.0 Å². The van der Waals surface area contributed by atoms with Crippen molar-refractivity contribution in [1.82, 2.24) is 42.2 Å². The summed E-state index contributed by atoms with van der Waals surface area (Å²) in [6.07, 6.45) is 0.676. The van der Waals surface area contributed by atoms with Gasteiger partial charge in [-0.3, -0.25) is 33.6 Å². The molecule has 22 heteroatoms. The quantitative estimate of drug-likeness (QED) is 0.0222. The Balaban J connectivity index is 1.44. The van der Waals surface area contributed by atoms with Crippen LogP contribution in [-0.4, -0.2) is 135 Å². The molecule has 0 radical (unpaired) electrons. The van der Waals surface area contributed by atoms with Crippen molar-refractivity contribution < 1.29 is 48.6 Å². The molecule has 0 aliphatic carbocycles. The molecule has 14 N–H and O–H groups in total. The number of para-hydroxylation sites is 1. The lowest BCUT2D eigenvalue weighted by Crippen LogP contribution is -2.62. The van der Waals surface area contributed by atoms with Gasteiger partial charge in [0.25, 0.3) is 0 Å². The van der Waals surface area contributed by atoms with E-state index in [1.165, 1.54) is 6.92 Å². The molecule has 0 spiro atoms. The summed E-state index contributed by atoms with van der Waals surface area (Å²) in [5.41, 5.74) is 15.1. The van der Waals surface area contributed by atoms with Crippen LogP contribution in [0.1, 0.15) is 48.4 Å². The summed E-state index contributed by atoms with van der Waals surface area (Å²) in [5.74, 6) is -7.29. The first-order chi connectivity index (χ1) is 36.5. The van der Waals surface area contributed by atoms with Gasteiger partial charge in [-0.2, -0.15) is 25.3 Å². The summed E-state index contributed by atoms with van der Waals surface area (Å²) >= 11 is 8.16. The van der Waals surface area contributed by atoms with Crippen LogP contribution in [0, 0.1) is 0 Å². The fourth-order valence-electron chi connectivity index (χ4n) is 8.23. The summed E-state index contributed by atoms with van der Waals surface area (Å²) in [4.78, 5) is 114.